The van der Waals surface area contributed by atoms with Crippen molar-refractivity contribution in [2.75, 3.05) is 5.33 Å². The lowest BCUT2D eigenvalue weighted by molar-refractivity contribution is 0.467. The number of hydrogen-bond donors (Lipinski definition) is 1. The highest BCUT2D eigenvalue weighted by molar-refractivity contribution is 9.09. The summed E-state index contributed by atoms with van der Waals surface area (Å²) in [4.78, 5) is 0. The van der Waals surface area contributed by atoms with Crippen molar-refractivity contribution in [3.63, 3.8) is 0 Å². The van der Waals surface area contributed by atoms with Crippen LogP contribution in [-0.2, 0) is 0 Å². The van der Waals surface area contributed by atoms with E-state index in [1.165, 1.54) is 0 Å². The quantitative estimate of drug-likeness (QED) is 0.814. The Labute approximate surface area is 93.6 Å². The molecule has 0 radical (unpaired) electrons. The molecule has 0 heterocycles. The predicted molar refractivity (Wildman–Crippen MR) is 65.0 cm³/mol. The van der Waals surface area contributed by atoms with Crippen LogP contribution < -0.4 is 0 Å². The summed E-state index contributed by atoms with van der Waals surface area (Å²) in [5, 5.41) is 10.6. The smallest absolute Gasteiger partial charge is 0.121 e. The van der Waals surface area contributed by atoms with E-state index in [-0.39, 0.29) is 0 Å². The van der Waals surface area contributed by atoms with E-state index < -0.39 is 0 Å². The number of halogens is 1. The molecule has 0 bridgehead atoms. The molecule has 0 atom stereocenters. The van der Waals surface area contributed by atoms with Crippen molar-refractivity contribution in [1.29, 1.82) is 0 Å². The maximum Gasteiger partial charge on any atom is 0.121 e. The topological polar surface area (TPSA) is 20.2 Å². The van der Waals surface area contributed by atoms with Crippen LogP contribution in [-0.4, -0.2) is 10.4 Å². The average Bonchev–Trinajstić information content (AvgIpc) is 2.14. The molecule has 0 unspecified atom stereocenters. The Bertz CT molecular complexity index is 319. The molecule has 0 aliphatic rings. The fourth-order valence-electron chi connectivity index (χ4n) is 1.37. The van der Waals surface area contributed by atoms with Crippen molar-refractivity contribution in [3.05, 3.63) is 34.9 Å². The fourth-order valence-corrected chi connectivity index (χ4v) is 1.63. The molecule has 0 saturated carbocycles. The fraction of sp³-hybridized carbons (Fsp3) is 0.333. The molecule has 0 aliphatic heterocycles. The SMILES string of the molecule is Cc1cc(C=CCCBr)cc(C)c1O. The monoisotopic (exact) mass is 254 g/mol. The standard InChI is InChI=1S/C12H15BrO/c1-9-7-11(5-3-4-6-13)8-10(2)12(9)14/h3,5,7-8,14H,4,6H2,1-2H3. The van der Waals surface area contributed by atoms with E-state index in [4.69, 9.17) is 0 Å². The molecule has 0 spiro atoms. The third kappa shape index (κ3) is 2.88. The highest BCUT2D eigenvalue weighted by Gasteiger charge is 2.00. The summed E-state index contributed by atoms with van der Waals surface area (Å²) in [7, 11) is 0. The van der Waals surface area contributed by atoms with Gasteiger partial charge in [-0.05, 0) is 49.1 Å². The van der Waals surface area contributed by atoms with Crippen molar-refractivity contribution in [3.8, 4) is 5.75 Å². The van der Waals surface area contributed by atoms with Crippen molar-refractivity contribution >= 4 is 22.0 Å². The molecular formula is C12H15BrO. The third-order valence-corrected chi connectivity index (χ3v) is 2.56. The first-order valence-corrected chi connectivity index (χ1v) is 5.80. The summed E-state index contributed by atoms with van der Waals surface area (Å²) in [5.41, 5.74) is 3.02. The number of alkyl halides is 1. The summed E-state index contributed by atoms with van der Waals surface area (Å²) >= 11 is 3.37. The second-order valence-corrected chi connectivity index (χ2v) is 4.18. The molecular weight excluding hydrogens is 240 g/mol. The lowest BCUT2D eigenvalue weighted by Gasteiger charge is -2.04. The van der Waals surface area contributed by atoms with Crippen LogP contribution >= 0.6 is 15.9 Å². The number of phenols is 1. The number of hydrogen-bond acceptors (Lipinski definition) is 1. The molecule has 2 heteroatoms. The largest absolute Gasteiger partial charge is 0.507 e. The van der Waals surface area contributed by atoms with Gasteiger partial charge in [0.05, 0.1) is 0 Å². The summed E-state index contributed by atoms with van der Waals surface area (Å²) in [6.07, 6.45) is 5.24. The molecule has 76 valence electrons. The predicted octanol–water partition coefficient (Wildman–Crippen LogP) is 3.81. The van der Waals surface area contributed by atoms with Gasteiger partial charge in [-0.2, -0.15) is 0 Å². The minimum Gasteiger partial charge on any atom is -0.507 e. The molecule has 0 aliphatic carbocycles. The lowest BCUT2D eigenvalue weighted by atomic mass is 10.1. The molecule has 0 amide bonds. The maximum atomic E-state index is 9.57. The van der Waals surface area contributed by atoms with Gasteiger partial charge in [0.15, 0.2) is 0 Å². The Morgan fingerprint density at radius 2 is 1.86 bits per heavy atom. The zero-order chi connectivity index (χ0) is 10.6. The van der Waals surface area contributed by atoms with Gasteiger partial charge >= 0.3 is 0 Å². The van der Waals surface area contributed by atoms with Gasteiger partial charge in [0.2, 0.25) is 0 Å². The van der Waals surface area contributed by atoms with Gasteiger partial charge < -0.3 is 5.11 Å². The van der Waals surface area contributed by atoms with Crippen molar-refractivity contribution in [2.45, 2.75) is 20.3 Å². The van der Waals surface area contributed by atoms with Gasteiger partial charge in [-0.3, -0.25) is 0 Å². The first kappa shape index (κ1) is 11.3. The zero-order valence-corrected chi connectivity index (χ0v) is 10.1. The summed E-state index contributed by atoms with van der Waals surface area (Å²) in [5.74, 6) is 0.405. The number of phenolic OH excluding ortho intramolecular Hbond substituents is 1. The van der Waals surface area contributed by atoms with Crippen LogP contribution in [0.3, 0.4) is 0 Å². The molecule has 14 heavy (non-hydrogen) atoms. The van der Waals surface area contributed by atoms with Gasteiger partial charge in [0.1, 0.15) is 5.75 Å². The Kier molecular flexibility index (Phi) is 4.21. The lowest BCUT2D eigenvalue weighted by Crippen LogP contribution is -1.83. The highest BCUT2D eigenvalue weighted by Crippen LogP contribution is 2.23. The van der Waals surface area contributed by atoms with E-state index in [0.29, 0.717) is 5.75 Å². The molecule has 0 aromatic heterocycles. The van der Waals surface area contributed by atoms with Gasteiger partial charge in [0, 0.05) is 5.33 Å². The second kappa shape index (κ2) is 5.20. The highest BCUT2D eigenvalue weighted by atomic mass is 79.9. The van der Waals surface area contributed by atoms with E-state index in [1.807, 2.05) is 26.0 Å². The minimum absolute atomic E-state index is 0.405. The number of allylic oxidation sites excluding steroid dienone is 1. The van der Waals surface area contributed by atoms with Crippen LogP contribution in [0.1, 0.15) is 23.1 Å². The van der Waals surface area contributed by atoms with Crippen molar-refractivity contribution in [1.82, 2.24) is 0 Å². The number of rotatable bonds is 3. The van der Waals surface area contributed by atoms with Gasteiger partial charge in [-0.25, -0.2) is 0 Å². The van der Waals surface area contributed by atoms with Crippen LogP contribution in [0.15, 0.2) is 18.2 Å². The number of aryl methyl sites for hydroxylation is 2. The third-order valence-electron chi connectivity index (χ3n) is 2.10. The number of benzene rings is 1. The van der Waals surface area contributed by atoms with E-state index in [2.05, 4.69) is 28.1 Å². The first-order chi connectivity index (χ1) is 6.65. The van der Waals surface area contributed by atoms with Crippen LogP contribution in [0, 0.1) is 13.8 Å². The molecule has 1 aromatic carbocycles. The van der Waals surface area contributed by atoms with Crippen molar-refractivity contribution < 1.29 is 5.11 Å². The normalized spacial score (nSPS) is 11.1. The van der Waals surface area contributed by atoms with E-state index in [9.17, 15) is 5.11 Å². The molecule has 1 rings (SSSR count). The molecule has 1 nitrogen and oxygen atoms in total. The van der Waals surface area contributed by atoms with Crippen LogP contribution in [0.4, 0.5) is 0 Å². The minimum atomic E-state index is 0.405. The van der Waals surface area contributed by atoms with Gasteiger partial charge in [-0.15, -0.1) is 0 Å². The molecule has 1 aromatic rings. The first-order valence-electron chi connectivity index (χ1n) is 4.68. The second-order valence-electron chi connectivity index (χ2n) is 3.38. The Hall–Kier alpha value is -0.760. The van der Waals surface area contributed by atoms with Gasteiger partial charge in [-0.1, -0.05) is 28.1 Å². The maximum absolute atomic E-state index is 9.57. The van der Waals surface area contributed by atoms with Crippen molar-refractivity contribution in [2.24, 2.45) is 0 Å². The number of aromatic hydroxyl groups is 1. The molecule has 1 N–H and O–H groups in total. The summed E-state index contributed by atoms with van der Waals surface area (Å²) in [6.45, 7) is 3.84. The molecule has 0 saturated heterocycles. The average molecular weight is 255 g/mol. The molecule has 0 fully saturated rings. The summed E-state index contributed by atoms with van der Waals surface area (Å²) < 4.78 is 0. The van der Waals surface area contributed by atoms with Crippen LogP contribution in [0.2, 0.25) is 0 Å². The van der Waals surface area contributed by atoms with Crippen LogP contribution in [0.5, 0.6) is 5.75 Å². The van der Waals surface area contributed by atoms with E-state index in [1.54, 1.807) is 0 Å². The Balaban J connectivity index is 2.89. The summed E-state index contributed by atoms with van der Waals surface area (Å²) in [6, 6.07) is 3.99. The van der Waals surface area contributed by atoms with Crippen LogP contribution in [0.25, 0.3) is 6.08 Å². The Morgan fingerprint density at radius 3 is 2.36 bits per heavy atom. The van der Waals surface area contributed by atoms with E-state index >= 15 is 0 Å². The Morgan fingerprint density at radius 1 is 1.29 bits per heavy atom. The zero-order valence-electron chi connectivity index (χ0n) is 8.55. The van der Waals surface area contributed by atoms with E-state index in [0.717, 1.165) is 28.4 Å². The van der Waals surface area contributed by atoms with Gasteiger partial charge in [0.25, 0.3) is 0 Å².